The molecule has 1 heterocycles. The van der Waals surface area contributed by atoms with E-state index in [1.54, 1.807) is 6.92 Å². The lowest BCUT2D eigenvalue weighted by Crippen LogP contribution is -2.46. The van der Waals surface area contributed by atoms with Gasteiger partial charge >= 0.3 is 6.09 Å². The van der Waals surface area contributed by atoms with Gasteiger partial charge in [-0.2, -0.15) is 0 Å². The monoisotopic (exact) mass is 305 g/mol. The van der Waals surface area contributed by atoms with Gasteiger partial charge in [-0.05, 0) is 17.9 Å². The third-order valence-electron chi connectivity index (χ3n) is 4.10. The highest BCUT2D eigenvalue weighted by atomic mass is 16.6. The number of imide groups is 1. The van der Waals surface area contributed by atoms with Crippen molar-refractivity contribution in [3.05, 3.63) is 35.9 Å². The summed E-state index contributed by atoms with van der Waals surface area (Å²) in [5, 5.41) is 10.1. The largest absolute Gasteiger partial charge is 0.447 e. The third kappa shape index (κ3) is 3.47. The van der Waals surface area contributed by atoms with Gasteiger partial charge in [-0.15, -0.1) is 0 Å². The standard InChI is InChI=1S/C17H23NO4/c1-11(2)15(19)12(3)16(20)18-14(10-22-17(18)21)9-13-7-5-4-6-8-13/h4-8,11-12,14-15,19H,9-10H2,1-3H3/t12-,14+,15-/m1/s1. The summed E-state index contributed by atoms with van der Waals surface area (Å²) in [6, 6.07) is 9.36. The molecule has 1 aromatic rings. The Bertz CT molecular complexity index is 529. The lowest BCUT2D eigenvalue weighted by Gasteiger charge is -2.27. The first-order chi connectivity index (χ1) is 10.4. The molecule has 22 heavy (non-hydrogen) atoms. The van der Waals surface area contributed by atoms with Crippen molar-refractivity contribution in [3.63, 3.8) is 0 Å². The molecule has 2 rings (SSSR count). The molecule has 5 nitrogen and oxygen atoms in total. The normalized spacial score (nSPS) is 20.9. The summed E-state index contributed by atoms with van der Waals surface area (Å²) in [4.78, 5) is 25.7. The van der Waals surface area contributed by atoms with Crippen molar-refractivity contribution in [2.75, 3.05) is 6.61 Å². The van der Waals surface area contributed by atoms with Crippen LogP contribution in [0, 0.1) is 11.8 Å². The van der Waals surface area contributed by atoms with Crippen molar-refractivity contribution in [2.45, 2.75) is 39.3 Å². The highest BCUT2D eigenvalue weighted by molar-refractivity contribution is 5.95. The number of aliphatic hydroxyl groups is 1. The summed E-state index contributed by atoms with van der Waals surface area (Å²) in [6.45, 7) is 5.54. The zero-order chi connectivity index (χ0) is 16.3. The molecule has 5 heteroatoms. The van der Waals surface area contributed by atoms with Gasteiger partial charge in [-0.1, -0.05) is 51.1 Å². The Hall–Kier alpha value is -1.88. The minimum atomic E-state index is -0.779. The van der Waals surface area contributed by atoms with Crippen LogP contribution in [0.1, 0.15) is 26.3 Å². The second kappa shape index (κ2) is 6.92. The van der Waals surface area contributed by atoms with Crippen LogP contribution in [-0.4, -0.2) is 40.8 Å². The quantitative estimate of drug-likeness (QED) is 0.906. The molecule has 1 aliphatic heterocycles. The molecule has 0 aromatic heterocycles. The number of ether oxygens (including phenoxy) is 1. The summed E-state index contributed by atoms with van der Waals surface area (Å²) in [5.74, 6) is -1.06. The fourth-order valence-electron chi connectivity index (χ4n) is 2.71. The van der Waals surface area contributed by atoms with Gasteiger partial charge in [0.25, 0.3) is 0 Å². The van der Waals surface area contributed by atoms with Crippen LogP contribution in [0.2, 0.25) is 0 Å². The molecule has 3 atom stereocenters. The van der Waals surface area contributed by atoms with Gasteiger partial charge in [0.15, 0.2) is 0 Å². The Balaban J connectivity index is 2.12. The molecule has 120 valence electrons. The number of aliphatic hydroxyl groups excluding tert-OH is 1. The highest BCUT2D eigenvalue weighted by Crippen LogP contribution is 2.23. The van der Waals surface area contributed by atoms with Gasteiger partial charge < -0.3 is 9.84 Å². The van der Waals surface area contributed by atoms with Gasteiger partial charge in [0, 0.05) is 0 Å². The number of amides is 2. The van der Waals surface area contributed by atoms with Crippen molar-refractivity contribution < 1.29 is 19.4 Å². The van der Waals surface area contributed by atoms with E-state index in [1.807, 2.05) is 44.2 Å². The minimum absolute atomic E-state index is 0.0508. The van der Waals surface area contributed by atoms with Crippen LogP contribution in [-0.2, 0) is 16.0 Å². The van der Waals surface area contributed by atoms with Crippen molar-refractivity contribution in [2.24, 2.45) is 11.8 Å². The van der Waals surface area contributed by atoms with E-state index in [9.17, 15) is 14.7 Å². The average molecular weight is 305 g/mol. The topological polar surface area (TPSA) is 66.8 Å². The lowest BCUT2D eigenvalue weighted by molar-refractivity contribution is -0.137. The molecule has 1 saturated heterocycles. The SMILES string of the molecule is CC(C)[C@@H](O)[C@@H](C)C(=O)N1C(=O)OC[C@@H]1Cc1ccccc1. The van der Waals surface area contributed by atoms with Crippen LogP contribution in [0.25, 0.3) is 0 Å². The molecular weight excluding hydrogens is 282 g/mol. The van der Waals surface area contributed by atoms with Crippen LogP contribution < -0.4 is 0 Å². The van der Waals surface area contributed by atoms with E-state index in [0.29, 0.717) is 6.42 Å². The van der Waals surface area contributed by atoms with Crippen molar-refractivity contribution >= 4 is 12.0 Å². The zero-order valence-electron chi connectivity index (χ0n) is 13.2. The predicted molar refractivity (Wildman–Crippen MR) is 82.1 cm³/mol. The zero-order valence-corrected chi connectivity index (χ0v) is 13.2. The van der Waals surface area contributed by atoms with E-state index in [2.05, 4.69) is 0 Å². The van der Waals surface area contributed by atoms with E-state index in [1.165, 1.54) is 4.90 Å². The van der Waals surface area contributed by atoms with Gasteiger partial charge in [0.1, 0.15) is 6.61 Å². The molecular formula is C17H23NO4. The Labute approximate surface area is 130 Å². The fourth-order valence-corrected chi connectivity index (χ4v) is 2.71. The number of hydrogen-bond donors (Lipinski definition) is 1. The van der Waals surface area contributed by atoms with E-state index in [0.717, 1.165) is 5.56 Å². The summed E-state index contributed by atoms with van der Waals surface area (Å²) >= 11 is 0. The van der Waals surface area contributed by atoms with E-state index >= 15 is 0 Å². The summed E-state index contributed by atoms with van der Waals surface area (Å²) in [7, 11) is 0. The molecule has 0 bridgehead atoms. The molecule has 1 aromatic carbocycles. The third-order valence-corrected chi connectivity index (χ3v) is 4.10. The average Bonchev–Trinajstić information content (AvgIpc) is 2.86. The van der Waals surface area contributed by atoms with E-state index < -0.39 is 18.1 Å². The first-order valence-electron chi connectivity index (χ1n) is 7.63. The van der Waals surface area contributed by atoms with Crippen molar-refractivity contribution in [1.82, 2.24) is 4.90 Å². The maximum atomic E-state index is 12.6. The first-order valence-corrected chi connectivity index (χ1v) is 7.63. The second-order valence-corrected chi connectivity index (χ2v) is 6.15. The molecule has 0 spiro atoms. The van der Waals surface area contributed by atoms with E-state index in [4.69, 9.17) is 4.74 Å². The molecule has 0 unspecified atom stereocenters. The van der Waals surface area contributed by atoms with Crippen molar-refractivity contribution in [1.29, 1.82) is 0 Å². The Morgan fingerprint density at radius 2 is 1.95 bits per heavy atom. The lowest BCUT2D eigenvalue weighted by atomic mass is 9.93. The first kappa shape index (κ1) is 16.5. The van der Waals surface area contributed by atoms with Crippen LogP contribution in [0.3, 0.4) is 0 Å². The Kier molecular flexibility index (Phi) is 5.19. The molecule has 1 N–H and O–H groups in total. The maximum absolute atomic E-state index is 12.6. The maximum Gasteiger partial charge on any atom is 0.416 e. The predicted octanol–water partition coefficient (Wildman–Crippen LogP) is 2.23. The Morgan fingerprint density at radius 3 is 2.55 bits per heavy atom. The van der Waals surface area contributed by atoms with Gasteiger partial charge in [0.2, 0.25) is 5.91 Å². The summed E-state index contributed by atoms with van der Waals surface area (Å²) in [6.07, 6.45) is -0.838. The molecule has 1 fully saturated rings. The number of benzene rings is 1. The summed E-state index contributed by atoms with van der Waals surface area (Å²) < 4.78 is 5.05. The number of carbonyl (C=O) groups is 2. The number of nitrogens with zero attached hydrogens (tertiary/aromatic N) is 1. The molecule has 1 aliphatic rings. The van der Waals surface area contributed by atoms with Crippen LogP contribution in [0.5, 0.6) is 0 Å². The van der Waals surface area contributed by atoms with Crippen LogP contribution in [0.15, 0.2) is 30.3 Å². The Morgan fingerprint density at radius 1 is 1.32 bits per heavy atom. The number of rotatable bonds is 5. The minimum Gasteiger partial charge on any atom is -0.447 e. The number of cyclic esters (lactones) is 1. The van der Waals surface area contributed by atoms with Gasteiger partial charge in [-0.3, -0.25) is 4.79 Å². The number of hydrogen-bond acceptors (Lipinski definition) is 4. The fraction of sp³-hybridized carbons (Fsp3) is 0.529. The van der Waals surface area contributed by atoms with Crippen LogP contribution >= 0.6 is 0 Å². The van der Waals surface area contributed by atoms with Gasteiger partial charge in [0.05, 0.1) is 18.1 Å². The van der Waals surface area contributed by atoms with Crippen LogP contribution in [0.4, 0.5) is 4.79 Å². The van der Waals surface area contributed by atoms with E-state index in [-0.39, 0.29) is 24.5 Å². The molecule has 0 radical (unpaired) electrons. The summed E-state index contributed by atoms with van der Waals surface area (Å²) in [5.41, 5.74) is 1.04. The molecule has 0 saturated carbocycles. The van der Waals surface area contributed by atoms with Gasteiger partial charge in [-0.25, -0.2) is 9.69 Å². The highest BCUT2D eigenvalue weighted by Gasteiger charge is 2.41. The number of carbonyl (C=O) groups excluding carboxylic acids is 2. The molecule has 2 amide bonds. The molecule has 0 aliphatic carbocycles. The second-order valence-electron chi connectivity index (χ2n) is 6.15. The van der Waals surface area contributed by atoms with Crippen molar-refractivity contribution in [3.8, 4) is 0 Å². The smallest absolute Gasteiger partial charge is 0.416 e.